The van der Waals surface area contributed by atoms with Gasteiger partial charge in [0.15, 0.2) is 0 Å². The summed E-state index contributed by atoms with van der Waals surface area (Å²) in [4.78, 5) is 14.4. The fourth-order valence-corrected chi connectivity index (χ4v) is 3.94. The Kier molecular flexibility index (Phi) is 6.80. The lowest BCUT2D eigenvalue weighted by Gasteiger charge is -2.34. The molecule has 3 rings (SSSR count). The summed E-state index contributed by atoms with van der Waals surface area (Å²) in [6, 6.07) is 11.0. The largest absolute Gasteiger partial charge is 0.333 e. The Morgan fingerprint density at radius 3 is 2.59 bits per heavy atom. The summed E-state index contributed by atoms with van der Waals surface area (Å²) in [6.45, 7) is 3.93. The molecule has 0 unspecified atom stereocenters. The third-order valence-electron chi connectivity index (χ3n) is 4.25. The highest BCUT2D eigenvalue weighted by atomic mass is 35.5. The number of hydrogen-bond donors (Lipinski definition) is 2. The van der Waals surface area contributed by atoms with Crippen molar-refractivity contribution in [1.29, 1.82) is 0 Å². The van der Waals surface area contributed by atoms with Crippen LogP contribution < -0.4 is 10.0 Å². The van der Waals surface area contributed by atoms with Crippen molar-refractivity contribution in [1.82, 2.24) is 10.2 Å². The summed E-state index contributed by atoms with van der Waals surface area (Å²) in [5.41, 5.74) is 0.569. The van der Waals surface area contributed by atoms with Crippen LogP contribution in [-0.4, -0.2) is 44.9 Å². The number of benzene rings is 2. The van der Waals surface area contributed by atoms with E-state index >= 15 is 0 Å². The zero-order chi connectivity index (χ0) is 18.7. The summed E-state index contributed by atoms with van der Waals surface area (Å²) >= 11 is 0. The van der Waals surface area contributed by atoms with Gasteiger partial charge < -0.3 is 10.2 Å². The zero-order valence-corrected chi connectivity index (χ0v) is 16.3. The molecule has 2 N–H and O–H groups in total. The number of nitrogens with zero attached hydrogens (tertiary/aromatic N) is 1. The lowest BCUT2D eigenvalue weighted by Crippen LogP contribution is -2.52. The first-order valence-corrected chi connectivity index (χ1v) is 9.75. The first-order valence-electron chi connectivity index (χ1n) is 8.27. The molecule has 6 nitrogen and oxygen atoms in total. The van der Waals surface area contributed by atoms with Crippen LogP contribution >= 0.6 is 12.4 Å². The summed E-state index contributed by atoms with van der Waals surface area (Å²) in [5.74, 6) is -0.650. The van der Waals surface area contributed by atoms with Crippen LogP contribution in [0.4, 0.5) is 10.1 Å². The monoisotopic (exact) mass is 413 g/mol. The number of piperazine rings is 1. The average molecular weight is 414 g/mol. The second-order valence-corrected chi connectivity index (χ2v) is 7.87. The lowest BCUT2D eigenvalue weighted by molar-refractivity contribution is 0.0655. The fourth-order valence-electron chi connectivity index (χ4n) is 2.84. The lowest BCUT2D eigenvalue weighted by atomic mass is 10.1. The predicted molar refractivity (Wildman–Crippen MR) is 104 cm³/mol. The highest BCUT2D eigenvalue weighted by molar-refractivity contribution is 7.92. The van der Waals surface area contributed by atoms with Crippen molar-refractivity contribution in [3.05, 3.63) is 59.9 Å². The number of sulfonamides is 1. The number of halogens is 2. The van der Waals surface area contributed by atoms with Gasteiger partial charge >= 0.3 is 0 Å². The average Bonchev–Trinajstić information content (AvgIpc) is 2.63. The van der Waals surface area contributed by atoms with Crippen LogP contribution in [0.3, 0.4) is 0 Å². The molecule has 1 fully saturated rings. The Morgan fingerprint density at radius 2 is 1.93 bits per heavy atom. The second-order valence-electron chi connectivity index (χ2n) is 6.19. The fraction of sp³-hybridized carbons (Fsp3) is 0.278. The molecule has 0 aliphatic carbocycles. The quantitative estimate of drug-likeness (QED) is 0.807. The van der Waals surface area contributed by atoms with Crippen LogP contribution in [0.15, 0.2) is 53.4 Å². The minimum absolute atomic E-state index is 0. The highest BCUT2D eigenvalue weighted by Crippen LogP contribution is 2.19. The normalized spacial score (nSPS) is 17.1. The molecule has 0 aromatic heterocycles. The molecule has 9 heteroatoms. The molecule has 1 amide bonds. The minimum atomic E-state index is -3.88. The second kappa shape index (κ2) is 8.69. The van der Waals surface area contributed by atoms with Gasteiger partial charge in [-0.15, -0.1) is 12.4 Å². The SMILES string of the molecule is C[C@H]1CNCCN1C(=O)c1cccc(S(=O)(=O)Nc2ccc(F)cc2)c1.Cl. The molecule has 0 bridgehead atoms. The van der Waals surface area contributed by atoms with Gasteiger partial charge in [-0.2, -0.15) is 0 Å². The van der Waals surface area contributed by atoms with E-state index < -0.39 is 15.8 Å². The maximum absolute atomic E-state index is 13.0. The summed E-state index contributed by atoms with van der Waals surface area (Å²) in [5, 5.41) is 3.21. The van der Waals surface area contributed by atoms with Gasteiger partial charge in [-0.3, -0.25) is 9.52 Å². The first kappa shape index (κ1) is 21.1. The van der Waals surface area contributed by atoms with Gasteiger partial charge in [0.05, 0.1) is 4.90 Å². The van der Waals surface area contributed by atoms with Crippen molar-refractivity contribution in [3.8, 4) is 0 Å². The van der Waals surface area contributed by atoms with Crippen molar-refractivity contribution in [3.63, 3.8) is 0 Å². The standard InChI is InChI=1S/C18H20FN3O3S.ClH/c1-13-12-20-9-10-22(13)18(23)14-3-2-4-17(11-14)26(24,25)21-16-7-5-15(19)6-8-16;/h2-8,11,13,20-21H,9-10,12H2,1H3;1H/t13-;/m0./s1. The van der Waals surface area contributed by atoms with Crippen LogP contribution in [0.25, 0.3) is 0 Å². The van der Waals surface area contributed by atoms with Crippen LogP contribution in [-0.2, 0) is 10.0 Å². The molecular formula is C18H21ClFN3O3S. The molecule has 27 heavy (non-hydrogen) atoms. The highest BCUT2D eigenvalue weighted by Gasteiger charge is 2.25. The maximum atomic E-state index is 13.0. The van der Waals surface area contributed by atoms with Crippen LogP contribution in [0.2, 0.25) is 0 Å². The minimum Gasteiger partial charge on any atom is -0.333 e. The number of carbonyl (C=O) groups excluding carboxylic acids is 1. The maximum Gasteiger partial charge on any atom is 0.261 e. The Bertz CT molecular complexity index is 906. The van der Waals surface area contributed by atoms with E-state index in [1.165, 1.54) is 36.4 Å². The molecule has 1 aliphatic rings. The molecule has 0 spiro atoms. The molecule has 0 saturated carbocycles. The van der Waals surface area contributed by atoms with E-state index in [9.17, 15) is 17.6 Å². The third kappa shape index (κ3) is 4.97. The smallest absolute Gasteiger partial charge is 0.261 e. The van der Waals surface area contributed by atoms with Crippen molar-refractivity contribution < 1.29 is 17.6 Å². The van der Waals surface area contributed by atoms with Gasteiger partial charge in [0, 0.05) is 36.9 Å². The number of anilines is 1. The van der Waals surface area contributed by atoms with E-state index in [0.717, 1.165) is 0 Å². The zero-order valence-electron chi connectivity index (χ0n) is 14.7. The molecule has 2 aromatic carbocycles. The van der Waals surface area contributed by atoms with Gasteiger partial charge in [-0.05, 0) is 49.4 Å². The Balaban J connectivity index is 0.00000261. The van der Waals surface area contributed by atoms with Gasteiger partial charge in [-0.1, -0.05) is 6.07 Å². The first-order chi connectivity index (χ1) is 12.4. The number of nitrogens with one attached hydrogen (secondary N) is 2. The molecule has 1 heterocycles. The van der Waals surface area contributed by atoms with E-state index in [2.05, 4.69) is 10.0 Å². The van der Waals surface area contributed by atoms with E-state index in [1.54, 1.807) is 17.0 Å². The molecule has 0 radical (unpaired) electrons. The Morgan fingerprint density at radius 1 is 1.22 bits per heavy atom. The van der Waals surface area contributed by atoms with Crippen molar-refractivity contribution >= 4 is 34.0 Å². The predicted octanol–water partition coefficient (Wildman–Crippen LogP) is 2.48. The van der Waals surface area contributed by atoms with Gasteiger partial charge in [0.2, 0.25) is 0 Å². The van der Waals surface area contributed by atoms with Crippen molar-refractivity contribution in [2.45, 2.75) is 17.9 Å². The number of rotatable bonds is 4. The summed E-state index contributed by atoms with van der Waals surface area (Å²) in [7, 11) is -3.88. The van der Waals surface area contributed by atoms with E-state index in [4.69, 9.17) is 0 Å². The topological polar surface area (TPSA) is 78.5 Å². The summed E-state index contributed by atoms with van der Waals surface area (Å²) < 4.78 is 40.5. The number of amides is 1. The van der Waals surface area contributed by atoms with Gasteiger partial charge in [-0.25, -0.2) is 12.8 Å². The molecule has 1 aliphatic heterocycles. The van der Waals surface area contributed by atoms with Gasteiger partial charge in [0.1, 0.15) is 5.82 Å². The molecular weight excluding hydrogens is 393 g/mol. The van der Waals surface area contributed by atoms with E-state index in [1.807, 2.05) is 6.92 Å². The molecule has 146 valence electrons. The Labute approximate surface area is 164 Å². The van der Waals surface area contributed by atoms with Crippen molar-refractivity contribution in [2.24, 2.45) is 0 Å². The number of hydrogen-bond acceptors (Lipinski definition) is 4. The van der Waals surface area contributed by atoms with Crippen LogP contribution in [0.5, 0.6) is 0 Å². The Hall–Kier alpha value is -2.16. The van der Waals surface area contributed by atoms with Crippen molar-refractivity contribution in [2.75, 3.05) is 24.4 Å². The van der Waals surface area contributed by atoms with E-state index in [-0.39, 0.29) is 34.9 Å². The molecule has 1 saturated heterocycles. The van der Waals surface area contributed by atoms with Crippen LogP contribution in [0, 0.1) is 5.82 Å². The van der Waals surface area contributed by atoms with Gasteiger partial charge in [0.25, 0.3) is 15.9 Å². The summed E-state index contributed by atoms with van der Waals surface area (Å²) in [6.07, 6.45) is 0. The molecule has 2 aromatic rings. The molecule has 1 atom stereocenters. The number of carbonyl (C=O) groups is 1. The third-order valence-corrected chi connectivity index (χ3v) is 5.63. The van der Waals surface area contributed by atoms with E-state index in [0.29, 0.717) is 25.2 Å². The van der Waals surface area contributed by atoms with Crippen LogP contribution in [0.1, 0.15) is 17.3 Å².